The van der Waals surface area contributed by atoms with Crippen LogP contribution in [0.25, 0.3) is 0 Å². The summed E-state index contributed by atoms with van der Waals surface area (Å²) in [5, 5.41) is 3.26. The first-order valence-corrected chi connectivity index (χ1v) is 6.13. The maximum absolute atomic E-state index is 13.1. The van der Waals surface area contributed by atoms with E-state index in [1.807, 2.05) is 0 Å². The third-order valence-corrected chi connectivity index (χ3v) is 3.02. The highest BCUT2D eigenvalue weighted by Gasteiger charge is 2.17. The monoisotopic (exact) mass is 254 g/mol. The number of benzene rings is 1. The lowest BCUT2D eigenvalue weighted by atomic mass is 10.1. The first-order chi connectivity index (χ1) is 8.68. The highest BCUT2D eigenvalue weighted by molar-refractivity contribution is 5.94. The van der Waals surface area contributed by atoms with Gasteiger partial charge in [-0.05, 0) is 44.1 Å². The van der Waals surface area contributed by atoms with Crippen molar-refractivity contribution in [3.05, 3.63) is 35.4 Å². The van der Waals surface area contributed by atoms with Crippen LogP contribution in [0.15, 0.2) is 18.2 Å². The lowest BCUT2D eigenvalue weighted by molar-refractivity contribution is 0.0745. The maximum atomic E-state index is 13.1. The van der Waals surface area contributed by atoms with Gasteiger partial charge in [-0.15, -0.1) is 0 Å². The average molecular weight is 254 g/mol. The summed E-state index contributed by atoms with van der Waals surface area (Å²) in [6, 6.07) is 3.29. The molecule has 0 aromatic heterocycles. The fourth-order valence-corrected chi connectivity index (χ4v) is 2.04. The lowest BCUT2D eigenvalue weighted by Gasteiger charge is -2.25. The van der Waals surface area contributed by atoms with Crippen LogP contribution < -0.4 is 5.32 Å². The number of hydrogen-bond donors (Lipinski definition) is 1. The highest BCUT2D eigenvalue weighted by Crippen LogP contribution is 2.12. The van der Waals surface area contributed by atoms with E-state index in [2.05, 4.69) is 5.32 Å². The fourth-order valence-electron chi connectivity index (χ4n) is 2.04. The van der Waals surface area contributed by atoms with Gasteiger partial charge in [-0.3, -0.25) is 4.79 Å². The van der Waals surface area contributed by atoms with Crippen molar-refractivity contribution in [1.29, 1.82) is 0 Å². The van der Waals surface area contributed by atoms with Crippen LogP contribution in [0.5, 0.6) is 0 Å². The average Bonchev–Trinajstić information content (AvgIpc) is 2.31. The number of nitrogens with zero attached hydrogens (tertiary/aromatic N) is 1. The van der Waals surface area contributed by atoms with E-state index in [0.29, 0.717) is 13.1 Å². The molecule has 2 rings (SSSR count). The standard InChI is InChI=1S/C13H16F2N2O/c14-11-4-3-10(9-12(11)15)13(18)17-7-1-5-16-6-2-8-17/h3-4,9,16H,1-2,5-8H2. The molecule has 1 fully saturated rings. The summed E-state index contributed by atoms with van der Waals surface area (Å²) in [6.07, 6.45) is 1.74. The van der Waals surface area contributed by atoms with Crippen LogP contribution in [0.1, 0.15) is 23.2 Å². The van der Waals surface area contributed by atoms with E-state index in [4.69, 9.17) is 0 Å². The van der Waals surface area contributed by atoms with Gasteiger partial charge in [0.1, 0.15) is 0 Å². The normalized spacial score (nSPS) is 17.1. The van der Waals surface area contributed by atoms with Crippen LogP contribution in [0, 0.1) is 11.6 Å². The summed E-state index contributed by atoms with van der Waals surface area (Å²) in [4.78, 5) is 13.8. The molecule has 98 valence electrons. The molecule has 1 aromatic rings. The summed E-state index contributed by atoms with van der Waals surface area (Å²) < 4.78 is 25.9. The molecule has 0 atom stereocenters. The largest absolute Gasteiger partial charge is 0.339 e. The second-order valence-corrected chi connectivity index (χ2v) is 4.38. The van der Waals surface area contributed by atoms with Gasteiger partial charge in [0.2, 0.25) is 0 Å². The van der Waals surface area contributed by atoms with Gasteiger partial charge in [-0.2, -0.15) is 0 Å². The van der Waals surface area contributed by atoms with Crippen molar-refractivity contribution in [1.82, 2.24) is 10.2 Å². The second kappa shape index (κ2) is 5.91. The zero-order valence-electron chi connectivity index (χ0n) is 10.1. The first kappa shape index (κ1) is 13.0. The molecule has 5 heteroatoms. The zero-order valence-corrected chi connectivity index (χ0v) is 10.1. The number of nitrogens with one attached hydrogen (secondary N) is 1. The Morgan fingerprint density at radius 3 is 2.39 bits per heavy atom. The molecule has 1 amide bonds. The maximum Gasteiger partial charge on any atom is 0.253 e. The predicted octanol–water partition coefficient (Wildman–Crippen LogP) is 1.79. The first-order valence-electron chi connectivity index (χ1n) is 6.13. The second-order valence-electron chi connectivity index (χ2n) is 4.38. The summed E-state index contributed by atoms with van der Waals surface area (Å²) >= 11 is 0. The Bertz CT molecular complexity index is 429. The van der Waals surface area contributed by atoms with Crippen molar-refractivity contribution >= 4 is 5.91 Å². The number of rotatable bonds is 1. The summed E-state index contributed by atoms with van der Waals surface area (Å²) in [7, 11) is 0. The van der Waals surface area contributed by atoms with Crippen LogP contribution in [0.3, 0.4) is 0 Å². The quantitative estimate of drug-likeness (QED) is 0.828. The number of carbonyl (C=O) groups excluding carboxylic acids is 1. The van der Waals surface area contributed by atoms with Gasteiger partial charge in [-0.1, -0.05) is 0 Å². The molecule has 0 aliphatic carbocycles. The summed E-state index contributed by atoms with van der Waals surface area (Å²) in [5.41, 5.74) is 0.211. The predicted molar refractivity (Wildman–Crippen MR) is 64.4 cm³/mol. The van der Waals surface area contributed by atoms with Gasteiger partial charge in [0, 0.05) is 18.7 Å². The molecule has 0 radical (unpaired) electrons. The molecule has 1 aliphatic heterocycles. The van der Waals surface area contributed by atoms with Gasteiger partial charge >= 0.3 is 0 Å². The number of halogens is 2. The smallest absolute Gasteiger partial charge is 0.253 e. The molecule has 0 unspecified atom stereocenters. The van der Waals surface area contributed by atoms with Crippen molar-refractivity contribution in [2.45, 2.75) is 12.8 Å². The van der Waals surface area contributed by atoms with Crippen molar-refractivity contribution < 1.29 is 13.6 Å². The number of hydrogen-bond acceptors (Lipinski definition) is 2. The van der Waals surface area contributed by atoms with Gasteiger partial charge in [0.15, 0.2) is 11.6 Å². The van der Waals surface area contributed by atoms with E-state index in [0.717, 1.165) is 38.1 Å². The SMILES string of the molecule is O=C(c1ccc(F)c(F)c1)N1CCCNCCC1. The van der Waals surface area contributed by atoms with E-state index >= 15 is 0 Å². The van der Waals surface area contributed by atoms with Crippen LogP contribution >= 0.6 is 0 Å². The van der Waals surface area contributed by atoms with E-state index < -0.39 is 11.6 Å². The minimum atomic E-state index is -0.977. The molecule has 1 heterocycles. The van der Waals surface area contributed by atoms with Crippen LogP contribution in [0.2, 0.25) is 0 Å². The Labute approximate surface area is 105 Å². The highest BCUT2D eigenvalue weighted by atomic mass is 19.2. The minimum Gasteiger partial charge on any atom is -0.339 e. The summed E-state index contributed by atoms with van der Waals surface area (Å²) in [6.45, 7) is 3.04. The van der Waals surface area contributed by atoms with Crippen LogP contribution in [-0.4, -0.2) is 37.0 Å². The van der Waals surface area contributed by atoms with Crippen molar-refractivity contribution in [3.63, 3.8) is 0 Å². The fraction of sp³-hybridized carbons (Fsp3) is 0.462. The van der Waals surface area contributed by atoms with Crippen LogP contribution in [-0.2, 0) is 0 Å². The van der Waals surface area contributed by atoms with E-state index in [-0.39, 0.29) is 11.5 Å². The molecule has 0 saturated carbocycles. The van der Waals surface area contributed by atoms with Gasteiger partial charge in [0.25, 0.3) is 5.91 Å². The van der Waals surface area contributed by atoms with E-state index in [1.54, 1.807) is 4.90 Å². The Morgan fingerprint density at radius 2 is 1.78 bits per heavy atom. The number of amides is 1. The molecule has 0 bridgehead atoms. The molecule has 1 aromatic carbocycles. The Hall–Kier alpha value is -1.49. The number of carbonyl (C=O) groups is 1. The van der Waals surface area contributed by atoms with E-state index in [9.17, 15) is 13.6 Å². The minimum absolute atomic E-state index is 0.211. The lowest BCUT2D eigenvalue weighted by Crippen LogP contribution is -2.38. The zero-order chi connectivity index (χ0) is 13.0. The Kier molecular flexibility index (Phi) is 4.25. The van der Waals surface area contributed by atoms with Gasteiger partial charge in [0.05, 0.1) is 0 Å². The Balaban J connectivity index is 2.10. The molecule has 1 saturated heterocycles. The van der Waals surface area contributed by atoms with Crippen molar-refractivity contribution in [2.75, 3.05) is 26.2 Å². The molecular weight excluding hydrogens is 238 g/mol. The van der Waals surface area contributed by atoms with Gasteiger partial charge in [-0.25, -0.2) is 8.78 Å². The molecule has 0 spiro atoms. The van der Waals surface area contributed by atoms with Crippen LogP contribution in [0.4, 0.5) is 8.78 Å². The third kappa shape index (κ3) is 3.04. The molecule has 18 heavy (non-hydrogen) atoms. The van der Waals surface area contributed by atoms with Crippen molar-refractivity contribution in [3.8, 4) is 0 Å². The van der Waals surface area contributed by atoms with Crippen molar-refractivity contribution in [2.24, 2.45) is 0 Å². The third-order valence-electron chi connectivity index (χ3n) is 3.02. The molecule has 3 nitrogen and oxygen atoms in total. The molecular formula is C13H16F2N2O. The molecule has 1 aliphatic rings. The van der Waals surface area contributed by atoms with Gasteiger partial charge < -0.3 is 10.2 Å². The topological polar surface area (TPSA) is 32.3 Å². The van der Waals surface area contributed by atoms with E-state index in [1.165, 1.54) is 6.07 Å². The molecule has 1 N–H and O–H groups in total. The summed E-state index contributed by atoms with van der Waals surface area (Å²) in [5.74, 6) is -2.13. The Morgan fingerprint density at radius 1 is 1.11 bits per heavy atom.